The van der Waals surface area contributed by atoms with E-state index in [-0.39, 0.29) is 12.1 Å². The first-order valence-corrected chi connectivity index (χ1v) is 6.46. The van der Waals surface area contributed by atoms with Crippen LogP contribution in [-0.4, -0.2) is 17.0 Å². The number of rotatable bonds is 0. The molecule has 0 aromatic heterocycles. The van der Waals surface area contributed by atoms with Gasteiger partial charge in [-0.15, -0.1) is 0 Å². The van der Waals surface area contributed by atoms with Crippen LogP contribution >= 0.6 is 0 Å². The number of fused-ring (bicyclic) bond motifs is 3. The maximum Gasteiger partial charge on any atom is 0.260 e. The minimum Gasteiger partial charge on any atom is -0.469 e. The van der Waals surface area contributed by atoms with Crippen LogP contribution in [0.5, 0.6) is 5.75 Å². The second kappa shape index (κ2) is 3.85. The van der Waals surface area contributed by atoms with Gasteiger partial charge in [0, 0.05) is 13.0 Å². The lowest BCUT2D eigenvalue weighted by molar-refractivity contribution is 0.000923. The maximum absolute atomic E-state index is 12.5. The van der Waals surface area contributed by atoms with Crippen LogP contribution in [0.1, 0.15) is 21.5 Å². The average molecular weight is 251 g/mol. The fourth-order valence-corrected chi connectivity index (χ4v) is 2.85. The molecule has 1 unspecified atom stereocenters. The van der Waals surface area contributed by atoms with Crippen molar-refractivity contribution in [3.63, 3.8) is 0 Å². The minimum atomic E-state index is -0.169. The molecule has 0 spiro atoms. The van der Waals surface area contributed by atoms with E-state index in [2.05, 4.69) is 12.1 Å². The Morgan fingerprint density at radius 2 is 1.74 bits per heavy atom. The van der Waals surface area contributed by atoms with Gasteiger partial charge >= 0.3 is 0 Å². The van der Waals surface area contributed by atoms with Crippen molar-refractivity contribution in [1.82, 2.24) is 4.90 Å². The number of nitrogens with zero attached hydrogens (tertiary/aromatic N) is 1. The Labute approximate surface area is 111 Å². The van der Waals surface area contributed by atoms with Crippen LogP contribution in [0.4, 0.5) is 0 Å². The molecule has 0 saturated heterocycles. The van der Waals surface area contributed by atoms with E-state index in [1.807, 2.05) is 41.3 Å². The van der Waals surface area contributed by atoms with Crippen LogP contribution in [-0.2, 0) is 13.0 Å². The number of hydrogen-bond donors (Lipinski definition) is 0. The summed E-state index contributed by atoms with van der Waals surface area (Å²) in [7, 11) is 0. The first-order valence-electron chi connectivity index (χ1n) is 6.46. The van der Waals surface area contributed by atoms with Crippen LogP contribution < -0.4 is 4.74 Å². The van der Waals surface area contributed by atoms with Crippen molar-refractivity contribution in [2.45, 2.75) is 19.2 Å². The van der Waals surface area contributed by atoms with Crippen molar-refractivity contribution in [3.05, 3.63) is 65.2 Å². The van der Waals surface area contributed by atoms with Crippen molar-refractivity contribution in [3.8, 4) is 5.75 Å². The Hall–Kier alpha value is -2.29. The highest BCUT2D eigenvalue weighted by Gasteiger charge is 2.36. The summed E-state index contributed by atoms with van der Waals surface area (Å²) >= 11 is 0. The number of para-hydroxylation sites is 1. The molecular formula is C16H13NO2. The monoisotopic (exact) mass is 251 g/mol. The molecule has 0 radical (unpaired) electrons. The molecule has 0 aliphatic carbocycles. The van der Waals surface area contributed by atoms with E-state index >= 15 is 0 Å². The molecule has 0 N–H and O–H groups in total. The van der Waals surface area contributed by atoms with Crippen LogP contribution in [0.2, 0.25) is 0 Å². The topological polar surface area (TPSA) is 29.5 Å². The molecule has 19 heavy (non-hydrogen) atoms. The summed E-state index contributed by atoms with van der Waals surface area (Å²) < 4.78 is 5.97. The van der Waals surface area contributed by atoms with Crippen molar-refractivity contribution >= 4 is 5.91 Å². The predicted molar refractivity (Wildman–Crippen MR) is 70.9 cm³/mol. The molecule has 2 aliphatic heterocycles. The molecule has 94 valence electrons. The van der Waals surface area contributed by atoms with Crippen LogP contribution in [0.15, 0.2) is 48.5 Å². The number of benzene rings is 2. The van der Waals surface area contributed by atoms with Gasteiger partial charge in [-0.05, 0) is 23.3 Å². The summed E-state index contributed by atoms with van der Waals surface area (Å²) in [6.45, 7) is 0.633. The van der Waals surface area contributed by atoms with E-state index in [0.29, 0.717) is 17.9 Å². The van der Waals surface area contributed by atoms with Gasteiger partial charge < -0.3 is 4.74 Å². The smallest absolute Gasteiger partial charge is 0.260 e. The van der Waals surface area contributed by atoms with E-state index in [9.17, 15) is 4.79 Å². The lowest BCUT2D eigenvalue weighted by Crippen LogP contribution is -2.50. The summed E-state index contributed by atoms with van der Waals surface area (Å²) in [5.41, 5.74) is 3.16. The van der Waals surface area contributed by atoms with E-state index in [1.165, 1.54) is 11.1 Å². The Morgan fingerprint density at radius 3 is 2.63 bits per heavy atom. The van der Waals surface area contributed by atoms with Crippen molar-refractivity contribution in [2.24, 2.45) is 0 Å². The fourth-order valence-electron chi connectivity index (χ4n) is 2.85. The first kappa shape index (κ1) is 10.6. The third-order valence-corrected chi connectivity index (χ3v) is 3.84. The maximum atomic E-state index is 12.5. The number of carbonyl (C=O) groups is 1. The Balaban J connectivity index is 1.77. The number of hydrogen-bond acceptors (Lipinski definition) is 2. The highest BCUT2D eigenvalue weighted by Crippen LogP contribution is 2.33. The van der Waals surface area contributed by atoms with Crippen molar-refractivity contribution in [2.75, 3.05) is 0 Å². The van der Waals surface area contributed by atoms with Gasteiger partial charge in [0.1, 0.15) is 5.75 Å². The van der Waals surface area contributed by atoms with Crippen molar-refractivity contribution < 1.29 is 9.53 Å². The molecule has 0 bridgehead atoms. The van der Waals surface area contributed by atoms with E-state index in [4.69, 9.17) is 4.74 Å². The first-order chi connectivity index (χ1) is 9.33. The Morgan fingerprint density at radius 1 is 1.00 bits per heavy atom. The van der Waals surface area contributed by atoms with Gasteiger partial charge in [-0.2, -0.15) is 0 Å². The van der Waals surface area contributed by atoms with Crippen molar-refractivity contribution in [1.29, 1.82) is 0 Å². The molecule has 3 heteroatoms. The van der Waals surface area contributed by atoms with Gasteiger partial charge in [-0.25, -0.2) is 0 Å². The van der Waals surface area contributed by atoms with Gasteiger partial charge in [0.25, 0.3) is 5.91 Å². The molecule has 2 aliphatic rings. The molecule has 0 saturated carbocycles. The summed E-state index contributed by atoms with van der Waals surface area (Å²) in [5, 5.41) is 0. The SMILES string of the molecule is O=C1c2ccccc2OC2Cc3ccccc3CN12. The quantitative estimate of drug-likeness (QED) is 0.720. The summed E-state index contributed by atoms with van der Waals surface area (Å²) in [4.78, 5) is 14.3. The Bertz CT molecular complexity index is 665. The van der Waals surface area contributed by atoms with E-state index in [1.54, 1.807) is 0 Å². The van der Waals surface area contributed by atoms with Gasteiger partial charge in [0.2, 0.25) is 0 Å². The number of amides is 1. The second-order valence-corrected chi connectivity index (χ2v) is 4.97. The molecule has 0 fully saturated rings. The standard InChI is InChI=1S/C16H13NO2/c18-16-13-7-3-4-8-14(13)19-15-9-11-5-1-2-6-12(11)10-17(15)16/h1-8,15H,9-10H2. The van der Waals surface area contributed by atoms with Crippen LogP contribution in [0, 0.1) is 0 Å². The van der Waals surface area contributed by atoms with Gasteiger partial charge in [-0.1, -0.05) is 36.4 Å². The van der Waals surface area contributed by atoms with Crippen LogP contribution in [0.3, 0.4) is 0 Å². The largest absolute Gasteiger partial charge is 0.469 e. The molecule has 2 heterocycles. The predicted octanol–water partition coefficient (Wildman–Crippen LogP) is 2.60. The molecule has 1 atom stereocenters. The molecular weight excluding hydrogens is 238 g/mol. The van der Waals surface area contributed by atoms with Gasteiger partial charge in [0.05, 0.1) is 5.56 Å². The summed E-state index contributed by atoms with van der Waals surface area (Å²) in [5.74, 6) is 0.773. The minimum absolute atomic E-state index is 0.0707. The Kier molecular flexibility index (Phi) is 2.15. The molecule has 2 aromatic rings. The number of carbonyl (C=O) groups excluding carboxylic acids is 1. The van der Waals surface area contributed by atoms with Crippen LogP contribution in [0.25, 0.3) is 0 Å². The molecule has 2 aromatic carbocycles. The number of ether oxygens (including phenoxy) is 1. The zero-order chi connectivity index (χ0) is 12.8. The molecule has 3 nitrogen and oxygen atoms in total. The third kappa shape index (κ3) is 1.55. The second-order valence-electron chi connectivity index (χ2n) is 4.97. The lowest BCUT2D eigenvalue weighted by atomic mass is 9.96. The highest BCUT2D eigenvalue weighted by molar-refractivity contribution is 5.98. The molecule has 1 amide bonds. The summed E-state index contributed by atoms with van der Waals surface area (Å²) in [6, 6.07) is 15.7. The van der Waals surface area contributed by atoms with E-state index < -0.39 is 0 Å². The zero-order valence-corrected chi connectivity index (χ0v) is 10.4. The van der Waals surface area contributed by atoms with E-state index in [0.717, 1.165) is 6.42 Å². The third-order valence-electron chi connectivity index (χ3n) is 3.84. The fraction of sp³-hybridized carbons (Fsp3) is 0.188. The summed E-state index contributed by atoms with van der Waals surface area (Å²) in [6.07, 6.45) is 0.591. The van der Waals surface area contributed by atoms with Gasteiger partial charge in [0.15, 0.2) is 6.23 Å². The van der Waals surface area contributed by atoms with Gasteiger partial charge in [-0.3, -0.25) is 9.69 Å². The highest BCUT2D eigenvalue weighted by atomic mass is 16.5. The average Bonchev–Trinajstić information content (AvgIpc) is 2.46. The normalized spacial score (nSPS) is 20.1. The zero-order valence-electron chi connectivity index (χ0n) is 10.4. The molecule has 4 rings (SSSR count). The lowest BCUT2D eigenvalue weighted by Gasteiger charge is -2.40.